The van der Waals surface area contributed by atoms with Crippen molar-refractivity contribution in [3.05, 3.63) is 23.8 Å². The van der Waals surface area contributed by atoms with Crippen LogP contribution in [-0.2, 0) is 4.74 Å². The van der Waals surface area contributed by atoms with Crippen LogP contribution in [0.25, 0.3) is 0 Å². The quantitative estimate of drug-likeness (QED) is 0.880. The lowest BCUT2D eigenvalue weighted by atomic mass is 10.1. The first-order valence-electron chi connectivity index (χ1n) is 7.23. The summed E-state index contributed by atoms with van der Waals surface area (Å²) < 4.78 is 16.6. The predicted molar refractivity (Wildman–Crippen MR) is 77.0 cm³/mol. The molecule has 1 atom stereocenters. The molecule has 0 saturated carbocycles. The Kier molecular flexibility index (Phi) is 4.26. The topological polar surface area (TPSA) is 60.0 Å². The summed E-state index contributed by atoms with van der Waals surface area (Å²) >= 11 is 0. The molecule has 21 heavy (non-hydrogen) atoms. The minimum atomic E-state index is 0.0105. The molecule has 1 fully saturated rings. The summed E-state index contributed by atoms with van der Waals surface area (Å²) in [6.07, 6.45) is 0.0462. The maximum Gasteiger partial charge on any atom is 0.254 e. The molecule has 0 aromatic heterocycles. The number of nitrogens with zero attached hydrogens (tertiary/aromatic N) is 1. The van der Waals surface area contributed by atoms with E-state index in [9.17, 15) is 4.79 Å². The van der Waals surface area contributed by atoms with Crippen LogP contribution in [-0.4, -0.2) is 63.4 Å². The zero-order valence-electron chi connectivity index (χ0n) is 12.1. The molecule has 6 heteroatoms. The number of benzene rings is 1. The molecular weight excluding hydrogens is 272 g/mol. The Hall–Kier alpha value is -1.79. The first kappa shape index (κ1) is 14.2. The highest BCUT2D eigenvalue weighted by Gasteiger charge is 2.25. The Labute approximate surface area is 124 Å². The van der Waals surface area contributed by atoms with Crippen LogP contribution in [0.5, 0.6) is 11.5 Å². The minimum Gasteiger partial charge on any atom is -0.486 e. The van der Waals surface area contributed by atoms with Crippen LogP contribution in [0.4, 0.5) is 0 Å². The third-order valence-electron chi connectivity index (χ3n) is 3.65. The molecule has 0 spiro atoms. The number of hydrogen-bond acceptors (Lipinski definition) is 5. The molecule has 0 radical (unpaired) electrons. The molecule has 3 rings (SSSR count). The van der Waals surface area contributed by atoms with E-state index in [-0.39, 0.29) is 12.0 Å². The van der Waals surface area contributed by atoms with Gasteiger partial charge in [0.2, 0.25) is 0 Å². The molecule has 0 bridgehead atoms. The third kappa shape index (κ3) is 3.11. The van der Waals surface area contributed by atoms with Crippen LogP contribution < -0.4 is 14.8 Å². The van der Waals surface area contributed by atoms with Gasteiger partial charge in [0, 0.05) is 25.2 Å². The fourth-order valence-corrected chi connectivity index (χ4v) is 2.61. The summed E-state index contributed by atoms with van der Waals surface area (Å²) in [6, 6.07) is 5.35. The lowest BCUT2D eigenvalue weighted by Crippen LogP contribution is -2.48. The average molecular weight is 292 g/mol. The van der Waals surface area contributed by atoms with Crippen molar-refractivity contribution < 1.29 is 19.0 Å². The lowest BCUT2D eigenvalue weighted by molar-refractivity contribution is -0.0196. The van der Waals surface area contributed by atoms with Gasteiger partial charge in [0.15, 0.2) is 11.5 Å². The van der Waals surface area contributed by atoms with E-state index >= 15 is 0 Å². The third-order valence-corrected chi connectivity index (χ3v) is 3.65. The maximum atomic E-state index is 12.6. The Bertz CT molecular complexity index is 518. The standard InChI is InChI=1S/C15H20N2O4/c1-16-9-12-10-17(4-5-19-12)15(18)11-2-3-13-14(8-11)21-7-6-20-13/h2-3,8,12,16H,4-7,9-10H2,1H3. The van der Waals surface area contributed by atoms with Gasteiger partial charge in [-0.3, -0.25) is 4.79 Å². The van der Waals surface area contributed by atoms with Gasteiger partial charge in [0.1, 0.15) is 13.2 Å². The highest BCUT2D eigenvalue weighted by molar-refractivity contribution is 5.95. The van der Waals surface area contributed by atoms with Gasteiger partial charge in [0.25, 0.3) is 5.91 Å². The molecule has 2 heterocycles. The van der Waals surface area contributed by atoms with Crippen LogP contribution in [0, 0.1) is 0 Å². The second-order valence-corrected chi connectivity index (χ2v) is 5.16. The summed E-state index contributed by atoms with van der Waals surface area (Å²) in [6.45, 7) is 3.61. The van der Waals surface area contributed by atoms with Gasteiger partial charge < -0.3 is 24.4 Å². The molecule has 2 aliphatic rings. The number of hydrogen-bond donors (Lipinski definition) is 1. The fraction of sp³-hybridized carbons (Fsp3) is 0.533. The monoisotopic (exact) mass is 292 g/mol. The van der Waals surface area contributed by atoms with Gasteiger partial charge >= 0.3 is 0 Å². The second kappa shape index (κ2) is 6.32. The van der Waals surface area contributed by atoms with Crippen LogP contribution >= 0.6 is 0 Å². The number of ether oxygens (including phenoxy) is 3. The number of fused-ring (bicyclic) bond motifs is 1. The van der Waals surface area contributed by atoms with E-state index in [1.54, 1.807) is 18.2 Å². The Morgan fingerprint density at radius 3 is 2.90 bits per heavy atom. The van der Waals surface area contributed by atoms with Crippen LogP contribution in [0.15, 0.2) is 18.2 Å². The molecule has 1 saturated heterocycles. The van der Waals surface area contributed by atoms with E-state index in [1.807, 2.05) is 11.9 Å². The van der Waals surface area contributed by atoms with Crippen LogP contribution in [0.2, 0.25) is 0 Å². The number of rotatable bonds is 3. The van der Waals surface area contributed by atoms with Gasteiger partial charge in [-0.2, -0.15) is 0 Å². The molecule has 6 nitrogen and oxygen atoms in total. The van der Waals surface area contributed by atoms with Crippen molar-refractivity contribution in [3.63, 3.8) is 0 Å². The van der Waals surface area contributed by atoms with Gasteiger partial charge in [0.05, 0.1) is 12.7 Å². The van der Waals surface area contributed by atoms with Crippen molar-refractivity contribution in [1.29, 1.82) is 0 Å². The van der Waals surface area contributed by atoms with E-state index in [0.29, 0.717) is 50.0 Å². The normalized spacial score (nSPS) is 21.2. The summed E-state index contributed by atoms with van der Waals surface area (Å²) in [5.41, 5.74) is 0.629. The zero-order valence-corrected chi connectivity index (χ0v) is 12.1. The molecule has 1 aromatic rings. The van der Waals surface area contributed by atoms with Gasteiger partial charge in [-0.15, -0.1) is 0 Å². The molecule has 1 aromatic carbocycles. The lowest BCUT2D eigenvalue weighted by Gasteiger charge is -2.33. The molecular formula is C15H20N2O4. The van der Waals surface area contributed by atoms with Crippen molar-refractivity contribution >= 4 is 5.91 Å². The Morgan fingerprint density at radius 1 is 1.29 bits per heavy atom. The molecule has 2 aliphatic heterocycles. The number of carbonyl (C=O) groups is 1. The van der Waals surface area contributed by atoms with Gasteiger partial charge in [-0.05, 0) is 25.2 Å². The van der Waals surface area contributed by atoms with Gasteiger partial charge in [-0.1, -0.05) is 0 Å². The highest BCUT2D eigenvalue weighted by Crippen LogP contribution is 2.31. The van der Waals surface area contributed by atoms with Crippen LogP contribution in [0.3, 0.4) is 0 Å². The van der Waals surface area contributed by atoms with E-state index < -0.39 is 0 Å². The predicted octanol–water partition coefficient (Wildman–Crippen LogP) is 0.518. The summed E-state index contributed by atoms with van der Waals surface area (Å²) in [4.78, 5) is 14.4. The van der Waals surface area contributed by atoms with E-state index in [0.717, 1.165) is 6.54 Å². The van der Waals surface area contributed by atoms with Crippen molar-refractivity contribution in [1.82, 2.24) is 10.2 Å². The first-order valence-corrected chi connectivity index (χ1v) is 7.23. The SMILES string of the molecule is CNCC1CN(C(=O)c2ccc3c(c2)OCCO3)CCO1. The number of amides is 1. The van der Waals surface area contributed by atoms with Crippen molar-refractivity contribution in [2.45, 2.75) is 6.10 Å². The first-order chi connectivity index (χ1) is 10.3. The number of carbonyl (C=O) groups excluding carboxylic acids is 1. The summed E-state index contributed by atoms with van der Waals surface area (Å²) in [7, 11) is 1.88. The Morgan fingerprint density at radius 2 is 2.10 bits per heavy atom. The summed E-state index contributed by atoms with van der Waals surface area (Å²) in [5.74, 6) is 1.36. The highest BCUT2D eigenvalue weighted by atomic mass is 16.6. The maximum absolute atomic E-state index is 12.6. The number of morpholine rings is 1. The fourth-order valence-electron chi connectivity index (χ4n) is 2.61. The average Bonchev–Trinajstić information content (AvgIpc) is 2.54. The second-order valence-electron chi connectivity index (χ2n) is 5.16. The van der Waals surface area contributed by atoms with Crippen molar-refractivity contribution in [2.75, 3.05) is 46.5 Å². The largest absolute Gasteiger partial charge is 0.486 e. The molecule has 1 amide bonds. The minimum absolute atomic E-state index is 0.0105. The number of nitrogens with one attached hydrogen (secondary N) is 1. The number of likely N-dealkylation sites (N-methyl/N-ethyl adjacent to an activating group) is 1. The zero-order chi connectivity index (χ0) is 14.7. The van der Waals surface area contributed by atoms with Gasteiger partial charge in [-0.25, -0.2) is 0 Å². The van der Waals surface area contributed by atoms with E-state index in [2.05, 4.69) is 5.32 Å². The molecule has 114 valence electrons. The smallest absolute Gasteiger partial charge is 0.254 e. The molecule has 1 N–H and O–H groups in total. The van der Waals surface area contributed by atoms with E-state index in [1.165, 1.54) is 0 Å². The Balaban J connectivity index is 1.72. The van der Waals surface area contributed by atoms with Crippen molar-refractivity contribution in [2.24, 2.45) is 0 Å². The molecule has 1 unspecified atom stereocenters. The van der Waals surface area contributed by atoms with Crippen molar-refractivity contribution in [3.8, 4) is 11.5 Å². The van der Waals surface area contributed by atoms with E-state index in [4.69, 9.17) is 14.2 Å². The summed E-state index contributed by atoms with van der Waals surface area (Å²) in [5, 5.41) is 3.08. The van der Waals surface area contributed by atoms with Crippen LogP contribution in [0.1, 0.15) is 10.4 Å². The molecule has 0 aliphatic carbocycles.